The second-order valence-electron chi connectivity index (χ2n) is 7.13. The molecule has 2 aromatic carbocycles. The lowest BCUT2D eigenvalue weighted by Gasteiger charge is -2.14. The van der Waals surface area contributed by atoms with Crippen LogP contribution in [0.2, 0.25) is 0 Å². The van der Waals surface area contributed by atoms with Crippen LogP contribution in [-0.2, 0) is 0 Å². The number of nitrogens with zero attached hydrogens (tertiary/aromatic N) is 4. The molecule has 0 bridgehead atoms. The molecule has 0 spiro atoms. The van der Waals surface area contributed by atoms with Crippen LogP contribution in [0.3, 0.4) is 0 Å². The van der Waals surface area contributed by atoms with Crippen LogP contribution >= 0.6 is 0 Å². The van der Waals surface area contributed by atoms with Gasteiger partial charge in [0.05, 0.1) is 11.4 Å². The van der Waals surface area contributed by atoms with E-state index in [4.69, 9.17) is 0 Å². The lowest BCUT2D eigenvalue weighted by Crippen LogP contribution is -2.13. The van der Waals surface area contributed by atoms with Gasteiger partial charge in [-0.25, -0.2) is 29.1 Å². The van der Waals surface area contributed by atoms with Crippen molar-refractivity contribution in [2.45, 2.75) is 0 Å². The number of aromatic hydroxyl groups is 1. The number of benzene rings is 2. The average Bonchev–Trinajstić information content (AvgIpc) is 3.45. The summed E-state index contributed by atoms with van der Waals surface area (Å²) in [5, 5.41) is 47.5. The Hall–Kier alpha value is -5.46. The molecule has 0 aliphatic rings. The molecule has 2 aromatic heterocycles. The predicted octanol–water partition coefficient (Wildman–Crippen LogP) is 2.22. The molecule has 0 aliphatic heterocycles. The number of carbonyl (C=O) groups is 4. The highest BCUT2D eigenvalue weighted by Crippen LogP contribution is 2.29. The number of hydrogen-bond donors (Lipinski definition) is 5. The number of aromatic carboxylic acids is 4. The molecule has 4 rings (SSSR count). The fraction of sp³-hybridized carbons (Fsp3) is 0. The Morgan fingerprint density at radius 3 is 1.40 bits per heavy atom. The Kier molecular flexibility index (Phi) is 5.50. The number of imidazole rings is 2. The maximum atomic E-state index is 11.8. The summed E-state index contributed by atoms with van der Waals surface area (Å²) in [6.07, 6.45) is 1.97. The number of aromatic nitrogens is 4. The normalized spacial score (nSPS) is 10.7. The Morgan fingerprint density at radius 2 is 1.03 bits per heavy atom. The van der Waals surface area contributed by atoms with Gasteiger partial charge in [-0.05, 0) is 41.5 Å². The van der Waals surface area contributed by atoms with E-state index in [1.807, 2.05) is 0 Å². The van der Waals surface area contributed by atoms with Crippen LogP contribution in [-0.4, -0.2) is 68.5 Å². The lowest BCUT2D eigenvalue weighted by molar-refractivity contribution is 0.0642. The first kappa shape index (κ1) is 22.7. The molecule has 0 aliphatic carbocycles. The first-order valence-electron chi connectivity index (χ1n) is 9.61. The summed E-state index contributed by atoms with van der Waals surface area (Å²) in [6, 6.07) is 10.2. The van der Waals surface area contributed by atoms with Gasteiger partial charge in [-0.1, -0.05) is 12.1 Å². The number of phenols is 1. The van der Waals surface area contributed by atoms with Gasteiger partial charge in [-0.15, -0.1) is 0 Å². The third kappa shape index (κ3) is 4.04. The van der Waals surface area contributed by atoms with Gasteiger partial charge >= 0.3 is 23.9 Å². The molecule has 0 unspecified atom stereocenters. The van der Waals surface area contributed by atoms with Crippen LogP contribution in [0.15, 0.2) is 55.1 Å². The van der Waals surface area contributed by atoms with Gasteiger partial charge in [-0.2, -0.15) is 0 Å². The topological polar surface area (TPSA) is 205 Å². The summed E-state index contributed by atoms with van der Waals surface area (Å²) in [6.45, 7) is 0. The monoisotopic (exact) mass is 478 g/mol. The van der Waals surface area contributed by atoms with Gasteiger partial charge < -0.3 is 25.5 Å². The van der Waals surface area contributed by atoms with E-state index in [1.165, 1.54) is 30.3 Å². The van der Waals surface area contributed by atoms with Crippen LogP contribution in [0, 0.1) is 0 Å². The first-order valence-corrected chi connectivity index (χ1v) is 9.61. The quantitative estimate of drug-likeness (QED) is 0.260. The second kappa shape index (κ2) is 8.47. The van der Waals surface area contributed by atoms with Gasteiger partial charge in [0.1, 0.15) is 18.4 Å². The summed E-state index contributed by atoms with van der Waals surface area (Å²) in [7, 11) is 0. The van der Waals surface area contributed by atoms with Crippen molar-refractivity contribution in [3.63, 3.8) is 0 Å². The van der Waals surface area contributed by atoms with Crippen molar-refractivity contribution in [1.82, 2.24) is 19.1 Å². The van der Waals surface area contributed by atoms with Gasteiger partial charge in [0.15, 0.2) is 22.8 Å². The summed E-state index contributed by atoms with van der Waals surface area (Å²) >= 11 is 0. The van der Waals surface area contributed by atoms with E-state index in [9.17, 15) is 44.7 Å². The third-order valence-corrected chi connectivity index (χ3v) is 5.00. The minimum absolute atomic E-state index is 0.0205. The summed E-state index contributed by atoms with van der Waals surface area (Å²) in [5.74, 6) is -6.29. The standard InChI is InChI=1S/C22H14N4O9/c27-14-3-1-10(2-4-14)11-5-12(25-8-23-15(19(28)29)17(25)21(32)33)7-13(6-11)26-9-24-16(20(30)31)18(26)22(34)35/h1-9,27H,(H,28,29)(H,30,31)(H,32,33)(H,34,35). The van der Waals surface area contributed by atoms with E-state index in [-0.39, 0.29) is 17.1 Å². The van der Waals surface area contributed by atoms with Crippen molar-refractivity contribution >= 4 is 23.9 Å². The molecule has 2 heterocycles. The maximum Gasteiger partial charge on any atom is 0.357 e. The summed E-state index contributed by atoms with van der Waals surface area (Å²) in [4.78, 5) is 53.9. The third-order valence-electron chi connectivity index (χ3n) is 5.00. The van der Waals surface area contributed by atoms with Crippen LogP contribution in [0.5, 0.6) is 5.75 Å². The highest BCUT2D eigenvalue weighted by molar-refractivity contribution is 6.00. The fourth-order valence-corrected chi connectivity index (χ4v) is 3.50. The van der Waals surface area contributed by atoms with Crippen molar-refractivity contribution in [2.75, 3.05) is 0 Å². The number of hydrogen-bond acceptors (Lipinski definition) is 7. The van der Waals surface area contributed by atoms with Crippen LogP contribution in [0.1, 0.15) is 42.0 Å². The Morgan fingerprint density at radius 1 is 0.600 bits per heavy atom. The van der Waals surface area contributed by atoms with Crippen molar-refractivity contribution in [3.8, 4) is 28.3 Å². The van der Waals surface area contributed by atoms with Crippen LogP contribution in [0.25, 0.3) is 22.5 Å². The van der Waals surface area contributed by atoms with Crippen molar-refractivity contribution in [2.24, 2.45) is 0 Å². The number of phenolic OH excluding ortho intramolecular Hbond substituents is 1. The molecule has 0 radical (unpaired) electrons. The molecule has 176 valence electrons. The number of carboxylic acid groups (broad SMARTS) is 4. The van der Waals surface area contributed by atoms with E-state index in [1.54, 1.807) is 12.1 Å². The van der Waals surface area contributed by atoms with Crippen molar-refractivity contribution < 1.29 is 44.7 Å². The Bertz CT molecular complexity index is 1430. The highest BCUT2D eigenvalue weighted by atomic mass is 16.4. The SMILES string of the molecule is O=C(O)c1ncn(-c2cc(-c3ccc(O)cc3)cc(-n3cnc(C(=O)O)c3C(=O)O)c2)c1C(=O)O. The van der Waals surface area contributed by atoms with Gasteiger partial charge in [0.2, 0.25) is 0 Å². The van der Waals surface area contributed by atoms with Gasteiger partial charge in [0.25, 0.3) is 0 Å². The van der Waals surface area contributed by atoms with E-state index >= 15 is 0 Å². The molecule has 13 nitrogen and oxygen atoms in total. The summed E-state index contributed by atoms with van der Waals surface area (Å²) in [5.41, 5.74) is -1.62. The van der Waals surface area contributed by atoms with E-state index in [2.05, 4.69) is 9.97 Å². The molecular formula is C22H14N4O9. The summed E-state index contributed by atoms with van der Waals surface area (Å²) < 4.78 is 1.99. The molecule has 0 amide bonds. The molecule has 5 N–H and O–H groups in total. The average molecular weight is 478 g/mol. The second-order valence-corrected chi connectivity index (χ2v) is 7.13. The van der Waals surface area contributed by atoms with E-state index in [0.29, 0.717) is 11.1 Å². The number of carboxylic acids is 4. The minimum Gasteiger partial charge on any atom is -0.508 e. The predicted molar refractivity (Wildman–Crippen MR) is 116 cm³/mol. The van der Waals surface area contributed by atoms with Gasteiger partial charge in [-0.3, -0.25) is 9.13 Å². The van der Waals surface area contributed by atoms with Crippen LogP contribution in [0.4, 0.5) is 0 Å². The van der Waals surface area contributed by atoms with Gasteiger partial charge in [0, 0.05) is 0 Å². The van der Waals surface area contributed by atoms with Crippen molar-refractivity contribution in [3.05, 3.63) is 77.9 Å². The molecule has 4 aromatic rings. The zero-order chi connectivity index (χ0) is 25.4. The van der Waals surface area contributed by atoms with E-state index in [0.717, 1.165) is 21.8 Å². The first-order chi connectivity index (χ1) is 16.6. The fourth-order valence-electron chi connectivity index (χ4n) is 3.50. The van der Waals surface area contributed by atoms with Crippen LogP contribution < -0.4 is 0 Å². The molecule has 0 saturated carbocycles. The zero-order valence-corrected chi connectivity index (χ0v) is 17.4. The molecule has 13 heteroatoms. The number of rotatable bonds is 7. The van der Waals surface area contributed by atoms with E-state index < -0.39 is 46.7 Å². The molecule has 0 atom stereocenters. The molecular weight excluding hydrogens is 464 g/mol. The molecule has 0 saturated heterocycles. The lowest BCUT2D eigenvalue weighted by atomic mass is 10.0. The largest absolute Gasteiger partial charge is 0.508 e. The zero-order valence-electron chi connectivity index (χ0n) is 17.4. The Balaban J connectivity index is 2.03. The maximum absolute atomic E-state index is 11.8. The molecule has 35 heavy (non-hydrogen) atoms. The highest BCUT2D eigenvalue weighted by Gasteiger charge is 2.26. The smallest absolute Gasteiger partial charge is 0.357 e. The molecule has 0 fully saturated rings. The Labute approximate surface area is 194 Å². The minimum atomic E-state index is -1.57. The van der Waals surface area contributed by atoms with Crippen molar-refractivity contribution in [1.29, 1.82) is 0 Å².